The van der Waals surface area contributed by atoms with Crippen LogP contribution in [0.15, 0.2) is 5.10 Å². The van der Waals surface area contributed by atoms with Gasteiger partial charge in [-0.2, -0.15) is 5.10 Å². The van der Waals surface area contributed by atoms with Gasteiger partial charge in [-0.05, 0) is 18.8 Å². The Kier molecular flexibility index (Phi) is 4.42. The third-order valence-corrected chi connectivity index (χ3v) is 4.67. The Bertz CT molecular complexity index is 533. The van der Waals surface area contributed by atoms with Gasteiger partial charge in [0.05, 0.1) is 5.75 Å². The first kappa shape index (κ1) is 15.0. The van der Waals surface area contributed by atoms with E-state index in [0.717, 1.165) is 0 Å². The van der Waals surface area contributed by atoms with E-state index in [1.807, 2.05) is 0 Å². The smallest absolute Gasteiger partial charge is 0.270 e. The molecule has 2 amide bonds. The van der Waals surface area contributed by atoms with Crippen LogP contribution in [0.2, 0.25) is 0 Å². The van der Waals surface area contributed by atoms with Gasteiger partial charge in [0.25, 0.3) is 5.91 Å². The van der Waals surface area contributed by atoms with Crippen LogP contribution >= 0.6 is 0 Å². The van der Waals surface area contributed by atoms with Crippen LogP contribution in [0.5, 0.6) is 0 Å². The first-order valence-corrected chi connectivity index (χ1v) is 8.73. The quantitative estimate of drug-likeness (QED) is 0.762. The number of piperidine rings is 1. The number of carbonyl (C=O) groups excluding carboxylic acids is 2. The van der Waals surface area contributed by atoms with Gasteiger partial charge in [0.15, 0.2) is 0 Å². The lowest BCUT2D eigenvalue weighted by atomic mass is 9.98. The van der Waals surface area contributed by atoms with E-state index in [0.29, 0.717) is 38.1 Å². The molecule has 2 heterocycles. The van der Waals surface area contributed by atoms with Crippen molar-refractivity contribution in [3.8, 4) is 0 Å². The summed E-state index contributed by atoms with van der Waals surface area (Å²) < 4.78 is 22.5. The second-order valence-corrected chi connectivity index (χ2v) is 7.61. The van der Waals surface area contributed by atoms with Crippen LogP contribution < -0.4 is 5.43 Å². The van der Waals surface area contributed by atoms with E-state index in [-0.39, 0.29) is 29.9 Å². The molecular weight excluding hydrogens is 282 g/mol. The Labute approximate surface area is 118 Å². The highest BCUT2D eigenvalue weighted by Gasteiger charge is 2.28. The predicted octanol–water partition coefficient (Wildman–Crippen LogP) is -0.464. The normalized spacial score (nSPS) is 21.4. The zero-order chi connectivity index (χ0) is 14.8. The van der Waals surface area contributed by atoms with Crippen molar-refractivity contribution in [1.82, 2.24) is 10.3 Å². The van der Waals surface area contributed by atoms with E-state index >= 15 is 0 Å². The number of sulfone groups is 1. The van der Waals surface area contributed by atoms with Gasteiger partial charge in [0.1, 0.15) is 15.5 Å². The highest BCUT2D eigenvalue weighted by molar-refractivity contribution is 7.90. The molecule has 0 aromatic rings. The summed E-state index contributed by atoms with van der Waals surface area (Å²) in [7, 11) is -2.96. The van der Waals surface area contributed by atoms with Crippen LogP contribution in [-0.2, 0) is 19.4 Å². The summed E-state index contributed by atoms with van der Waals surface area (Å²) in [4.78, 5) is 24.9. The Morgan fingerprint density at radius 1 is 1.35 bits per heavy atom. The van der Waals surface area contributed by atoms with Crippen molar-refractivity contribution < 1.29 is 18.0 Å². The summed E-state index contributed by atoms with van der Waals surface area (Å²) in [5.41, 5.74) is 2.69. The first-order chi connectivity index (χ1) is 9.35. The molecule has 0 bridgehead atoms. The predicted molar refractivity (Wildman–Crippen MR) is 73.8 cm³/mol. The molecule has 8 heteroatoms. The topological polar surface area (TPSA) is 95.9 Å². The maximum absolute atomic E-state index is 12.2. The standard InChI is InChI=1S/C12H19N3O4S/c1-20(18,19)8-9-4-6-15(7-5-9)12(17)10-2-3-11(16)14-13-10/h9H,2-8H2,1H3,(H,14,16). The zero-order valence-electron chi connectivity index (χ0n) is 11.5. The van der Waals surface area contributed by atoms with E-state index in [9.17, 15) is 18.0 Å². The minimum Gasteiger partial charge on any atom is -0.338 e. The molecule has 0 saturated carbocycles. The molecule has 0 aromatic carbocycles. The molecule has 0 unspecified atom stereocenters. The Morgan fingerprint density at radius 2 is 2.00 bits per heavy atom. The van der Waals surface area contributed by atoms with Gasteiger partial charge >= 0.3 is 0 Å². The lowest BCUT2D eigenvalue weighted by Crippen LogP contribution is -2.44. The Balaban J connectivity index is 1.87. The number of nitrogens with zero attached hydrogens (tertiary/aromatic N) is 2. The molecule has 2 aliphatic rings. The van der Waals surface area contributed by atoms with Crippen LogP contribution in [0.1, 0.15) is 25.7 Å². The molecule has 0 spiro atoms. The van der Waals surface area contributed by atoms with Crippen LogP contribution in [0.3, 0.4) is 0 Å². The maximum atomic E-state index is 12.2. The van der Waals surface area contributed by atoms with E-state index in [1.54, 1.807) is 4.90 Å². The first-order valence-electron chi connectivity index (χ1n) is 6.67. The second-order valence-electron chi connectivity index (χ2n) is 5.42. The fraction of sp³-hybridized carbons (Fsp3) is 0.750. The molecule has 0 aromatic heterocycles. The summed E-state index contributed by atoms with van der Waals surface area (Å²) in [6, 6.07) is 0. The SMILES string of the molecule is CS(=O)(=O)CC1CCN(C(=O)C2=NNC(=O)CC2)CC1. The van der Waals surface area contributed by atoms with Crippen molar-refractivity contribution in [1.29, 1.82) is 0 Å². The molecule has 2 aliphatic heterocycles. The monoisotopic (exact) mass is 301 g/mol. The van der Waals surface area contributed by atoms with E-state index < -0.39 is 9.84 Å². The molecule has 20 heavy (non-hydrogen) atoms. The lowest BCUT2D eigenvalue weighted by Gasteiger charge is -2.32. The minimum absolute atomic E-state index is 0.127. The summed E-state index contributed by atoms with van der Waals surface area (Å²) in [6.45, 7) is 1.10. The molecule has 1 saturated heterocycles. The molecular formula is C12H19N3O4S. The highest BCUT2D eigenvalue weighted by atomic mass is 32.2. The number of hydrazone groups is 1. The lowest BCUT2D eigenvalue weighted by molar-refractivity contribution is -0.125. The van der Waals surface area contributed by atoms with Gasteiger partial charge in [-0.1, -0.05) is 0 Å². The van der Waals surface area contributed by atoms with Crippen LogP contribution in [-0.4, -0.2) is 55.9 Å². The summed E-state index contributed by atoms with van der Waals surface area (Å²) in [5, 5.41) is 3.79. The third-order valence-electron chi connectivity index (χ3n) is 3.59. The Morgan fingerprint density at radius 3 is 2.50 bits per heavy atom. The number of amides is 2. The Hall–Kier alpha value is -1.44. The van der Waals surface area contributed by atoms with Crippen LogP contribution in [0.4, 0.5) is 0 Å². The van der Waals surface area contributed by atoms with Gasteiger partial charge in [-0.25, -0.2) is 13.8 Å². The number of likely N-dealkylation sites (tertiary alicyclic amines) is 1. The molecule has 1 N–H and O–H groups in total. The third kappa shape index (κ3) is 4.03. The van der Waals surface area contributed by atoms with Crippen molar-refractivity contribution in [2.24, 2.45) is 11.0 Å². The van der Waals surface area contributed by atoms with Crippen molar-refractivity contribution in [3.63, 3.8) is 0 Å². The molecule has 2 rings (SSSR count). The van der Waals surface area contributed by atoms with Gasteiger partial charge in [0.2, 0.25) is 5.91 Å². The average Bonchev–Trinajstić information content (AvgIpc) is 2.38. The maximum Gasteiger partial charge on any atom is 0.270 e. The highest BCUT2D eigenvalue weighted by Crippen LogP contribution is 2.19. The number of hydrogen-bond donors (Lipinski definition) is 1. The van der Waals surface area contributed by atoms with Crippen molar-refractivity contribution in [2.75, 3.05) is 25.1 Å². The fourth-order valence-electron chi connectivity index (χ4n) is 2.54. The van der Waals surface area contributed by atoms with Gasteiger partial charge in [-0.3, -0.25) is 9.59 Å². The van der Waals surface area contributed by atoms with Crippen molar-refractivity contribution >= 4 is 27.4 Å². The summed E-state index contributed by atoms with van der Waals surface area (Å²) >= 11 is 0. The molecule has 0 radical (unpaired) electrons. The van der Waals surface area contributed by atoms with E-state index in [1.165, 1.54) is 6.26 Å². The average molecular weight is 301 g/mol. The largest absolute Gasteiger partial charge is 0.338 e. The molecule has 1 fully saturated rings. The molecule has 0 aliphatic carbocycles. The van der Waals surface area contributed by atoms with E-state index in [4.69, 9.17) is 0 Å². The molecule has 7 nitrogen and oxygen atoms in total. The summed E-state index contributed by atoms with van der Waals surface area (Å²) in [5.74, 6) is -0.00951. The molecule has 0 atom stereocenters. The second kappa shape index (κ2) is 5.90. The minimum atomic E-state index is -2.96. The van der Waals surface area contributed by atoms with Crippen LogP contribution in [0, 0.1) is 5.92 Å². The summed E-state index contributed by atoms with van der Waals surface area (Å²) in [6.07, 6.45) is 3.28. The van der Waals surface area contributed by atoms with Gasteiger partial charge in [-0.15, -0.1) is 0 Å². The number of carbonyl (C=O) groups is 2. The van der Waals surface area contributed by atoms with Gasteiger partial charge < -0.3 is 4.90 Å². The molecule has 112 valence electrons. The van der Waals surface area contributed by atoms with Crippen LogP contribution in [0.25, 0.3) is 0 Å². The fourth-order valence-corrected chi connectivity index (χ4v) is 3.73. The number of hydrogen-bond acceptors (Lipinski definition) is 5. The van der Waals surface area contributed by atoms with Crippen molar-refractivity contribution in [3.05, 3.63) is 0 Å². The number of nitrogens with one attached hydrogen (secondary N) is 1. The van der Waals surface area contributed by atoms with Gasteiger partial charge in [0, 0.05) is 32.2 Å². The van der Waals surface area contributed by atoms with Crippen molar-refractivity contribution in [2.45, 2.75) is 25.7 Å². The van der Waals surface area contributed by atoms with E-state index in [2.05, 4.69) is 10.5 Å². The zero-order valence-corrected chi connectivity index (χ0v) is 12.3. The number of rotatable bonds is 3.